The van der Waals surface area contributed by atoms with Crippen molar-refractivity contribution in [2.45, 2.75) is 19.3 Å². The Bertz CT molecular complexity index is 1180. The second-order valence-corrected chi connectivity index (χ2v) is 6.90. The maximum Gasteiger partial charge on any atom is 0.335 e. The second-order valence-electron chi connectivity index (χ2n) is 6.49. The molecule has 7 nitrogen and oxygen atoms in total. The van der Waals surface area contributed by atoms with Gasteiger partial charge in [0.25, 0.3) is 5.56 Å². The number of aromatic nitrogens is 1. The lowest BCUT2D eigenvalue weighted by Crippen LogP contribution is -2.28. The van der Waals surface area contributed by atoms with E-state index < -0.39 is 17.9 Å². The van der Waals surface area contributed by atoms with Gasteiger partial charge in [-0.2, -0.15) is 0 Å². The third-order valence-electron chi connectivity index (χ3n) is 4.56. The van der Waals surface area contributed by atoms with Gasteiger partial charge in [0, 0.05) is 17.3 Å². The lowest BCUT2D eigenvalue weighted by molar-refractivity contribution is -0.135. The molecule has 0 aliphatic carbocycles. The molecule has 8 heteroatoms. The van der Waals surface area contributed by atoms with Gasteiger partial charge < -0.3 is 19.2 Å². The summed E-state index contributed by atoms with van der Waals surface area (Å²) >= 11 is 6.20. The molecule has 2 N–H and O–H groups in total. The molecule has 3 aromatic rings. The molecule has 0 radical (unpaired) electrons. The largest absolute Gasteiger partial charge is 0.478 e. The van der Waals surface area contributed by atoms with Crippen LogP contribution in [0.2, 0.25) is 5.02 Å². The fraction of sp³-hybridized carbons (Fsp3) is 0.150. The molecule has 0 saturated heterocycles. The Hall–Kier alpha value is -3.32. The average Bonchev–Trinajstić information content (AvgIpc) is 3.10. The van der Waals surface area contributed by atoms with Gasteiger partial charge in [0.2, 0.25) is 0 Å². The SMILES string of the molecule is Cc1cc2c(c(=O)[nH]1)[C@H](c1ccc(-c3cc(C(=O)O)ccc3Cl)o1)CC(=O)O2. The summed E-state index contributed by atoms with van der Waals surface area (Å²) in [5, 5.41) is 9.51. The molecule has 3 heterocycles. The number of aryl methyl sites for hydroxylation is 1. The van der Waals surface area contributed by atoms with Crippen LogP contribution < -0.4 is 10.3 Å². The van der Waals surface area contributed by atoms with Gasteiger partial charge in [-0.25, -0.2) is 4.79 Å². The number of hydrogen-bond acceptors (Lipinski definition) is 5. The van der Waals surface area contributed by atoms with Crippen molar-refractivity contribution in [2.75, 3.05) is 0 Å². The molecule has 1 aliphatic rings. The van der Waals surface area contributed by atoms with E-state index in [1.807, 2.05) is 0 Å². The first-order valence-electron chi connectivity index (χ1n) is 8.41. The summed E-state index contributed by atoms with van der Waals surface area (Å²) in [6.07, 6.45) is -0.0466. The zero-order valence-corrected chi connectivity index (χ0v) is 15.4. The number of carboxylic acids is 1. The van der Waals surface area contributed by atoms with Crippen LogP contribution in [0, 0.1) is 6.92 Å². The smallest absolute Gasteiger partial charge is 0.335 e. The van der Waals surface area contributed by atoms with Gasteiger partial charge in [0.05, 0.1) is 28.5 Å². The molecule has 142 valence electrons. The van der Waals surface area contributed by atoms with Crippen LogP contribution in [-0.4, -0.2) is 22.0 Å². The summed E-state index contributed by atoms with van der Waals surface area (Å²) in [5.74, 6) is -1.23. The number of H-pyrrole nitrogens is 1. The van der Waals surface area contributed by atoms with Gasteiger partial charge >= 0.3 is 11.9 Å². The summed E-state index contributed by atoms with van der Waals surface area (Å²) in [7, 11) is 0. The summed E-state index contributed by atoms with van der Waals surface area (Å²) in [6, 6.07) is 9.15. The quantitative estimate of drug-likeness (QED) is 0.649. The van der Waals surface area contributed by atoms with Crippen LogP contribution in [0.25, 0.3) is 11.3 Å². The minimum absolute atomic E-state index is 0.0466. The van der Waals surface area contributed by atoms with Gasteiger partial charge in [-0.15, -0.1) is 0 Å². The molecule has 1 aliphatic heterocycles. The minimum atomic E-state index is -1.09. The van der Waals surface area contributed by atoms with Crippen molar-refractivity contribution in [1.82, 2.24) is 4.98 Å². The first-order chi connectivity index (χ1) is 13.3. The van der Waals surface area contributed by atoms with Gasteiger partial charge in [0.15, 0.2) is 0 Å². The molecule has 28 heavy (non-hydrogen) atoms. The van der Waals surface area contributed by atoms with E-state index >= 15 is 0 Å². The van der Waals surface area contributed by atoms with E-state index in [1.54, 1.807) is 25.1 Å². The number of ether oxygens (including phenoxy) is 1. The molecular weight excluding hydrogens is 386 g/mol. The molecule has 0 amide bonds. The summed E-state index contributed by atoms with van der Waals surface area (Å²) in [6.45, 7) is 1.70. The van der Waals surface area contributed by atoms with Gasteiger partial charge in [-0.1, -0.05) is 11.6 Å². The van der Waals surface area contributed by atoms with E-state index in [9.17, 15) is 19.5 Å². The monoisotopic (exact) mass is 399 g/mol. The number of fused-ring (bicyclic) bond motifs is 1. The molecular formula is C20H14ClNO6. The molecule has 0 fully saturated rings. The van der Waals surface area contributed by atoms with E-state index in [0.717, 1.165) is 0 Å². The van der Waals surface area contributed by atoms with Crippen LogP contribution in [0.15, 0.2) is 45.6 Å². The molecule has 1 atom stereocenters. The van der Waals surface area contributed by atoms with Crippen molar-refractivity contribution in [1.29, 1.82) is 0 Å². The fourth-order valence-electron chi connectivity index (χ4n) is 3.29. The van der Waals surface area contributed by atoms with Crippen molar-refractivity contribution < 1.29 is 23.8 Å². The van der Waals surface area contributed by atoms with Crippen LogP contribution in [0.5, 0.6) is 5.75 Å². The number of benzene rings is 1. The molecule has 2 aromatic heterocycles. The Morgan fingerprint density at radius 1 is 1.21 bits per heavy atom. The van der Waals surface area contributed by atoms with Gasteiger partial charge in [-0.3, -0.25) is 9.59 Å². The van der Waals surface area contributed by atoms with Crippen molar-refractivity contribution in [3.63, 3.8) is 0 Å². The van der Waals surface area contributed by atoms with E-state index in [0.29, 0.717) is 33.4 Å². The van der Waals surface area contributed by atoms with Crippen LogP contribution in [0.1, 0.15) is 39.7 Å². The Balaban J connectivity index is 1.80. The predicted octanol–water partition coefficient (Wildman–Crippen LogP) is 3.74. The highest BCUT2D eigenvalue weighted by Gasteiger charge is 2.33. The van der Waals surface area contributed by atoms with E-state index in [4.69, 9.17) is 20.8 Å². The van der Waals surface area contributed by atoms with E-state index in [2.05, 4.69) is 4.98 Å². The molecule has 4 rings (SSSR count). The van der Waals surface area contributed by atoms with Crippen molar-refractivity contribution in [3.8, 4) is 17.1 Å². The number of nitrogens with one attached hydrogen (secondary N) is 1. The number of furan rings is 1. The Morgan fingerprint density at radius 2 is 2.00 bits per heavy atom. The van der Waals surface area contributed by atoms with Gasteiger partial charge in [-0.05, 0) is 37.3 Å². The highest BCUT2D eigenvalue weighted by atomic mass is 35.5. The number of pyridine rings is 1. The summed E-state index contributed by atoms with van der Waals surface area (Å²) in [4.78, 5) is 38.4. The van der Waals surface area contributed by atoms with Gasteiger partial charge in [0.1, 0.15) is 17.3 Å². The Morgan fingerprint density at radius 3 is 2.75 bits per heavy atom. The zero-order chi connectivity index (χ0) is 20.0. The fourth-order valence-corrected chi connectivity index (χ4v) is 3.50. The Labute approximate surface area is 163 Å². The third-order valence-corrected chi connectivity index (χ3v) is 4.89. The predicted molar refractivity (Wildman–Crippen MR) is 100 cm³/mol. The maximum absolute atomic E-state index is 12.5. The second kappa shape index (κ2) is 6.69. The number of esters is 1. The number of aromatic amines is 1. The number of aromatic carboxylic acids is 1. The highest BCUT2D eigenvalue weighted by molar-refractivity contribution is 6.33. The van der Waals surface area contributed by atoms with Crippen molar-refractivity contribution in [2.24, 2.45) is 0 Å². The zero-order valence-electron chi connectivity index (χ0n) is 14.6. The third kappa shape index (κ3) is 3.10. The number of carbonyl (C=O) groups is 2. The lowest BCUT2D eigenvalue weighted by Gasteiger charge is -2.22. The van der Waals surface area contributed by atoms with Crippen LogP contribution in [0.3, 0.4) is 0 Å². The minimum Gasteiger partial charge on any atom is -0.478 e. The van der Waals surface area contributed by atoms with Crippen LogP contribution >= 0.6 is 11.6 Å². The maximum atomic E-state index is 12.5. The molecule has 0 unspecified atom stereocenters. The summed E-state index contributed by atoms with van der Waals surface area (Å²) < 4.78 is 11.1. The summed E-state index contributed by atoms with van der Waals surface area (Å²) in [5.41, 5.74) is 1.02. The first kappa shape index (κ1) is 18.1. The molecule has 0 bridgehead atoms. The van der Waals surface area contributed by atoms with Crippen molar-refractivity contribution >= 4 is 23.5 Å². The number of carboxylic acid groups (broad SMARTS) is 1. The van der Waals surface area contributed by atoms with Crippen molar-refractivity contribution in [3.05, 3.63) is 74.4 Å². The van der Waals surface area contributed by atoms with Crippen LogP contribution in [-0.2, 0) is 4.79 Å². The average molecular weight is 400 g/mol. The number of rotatable bonds is 3. The topological polar surface area (TPSA) is 110 Å². The number of halogens is 1. The van der Waals surface area contributed by atoms with E-state index in [-0.39, 0.29) is 23.3 Å². The molecule has 1 aromatic carbocycles. The standard InChI is InChI=1S/C20H14ClNO6/c1-9-6-16-18(19(24)22-9)12(8-17(23)28-16)15-5-4-14(27-15)11-7-10(20(25)26)2-3-13(11)21/h2-7,12H,8H2,1H3,(H,22,24)(H,25,26)/t12-/m0/s1. The normalized spacial score (nSPS) is 15.8. The highest BCUT2D eigenvalue weighted by Crippen LogP contribution is 2.39. The lowest BCUT2D eigenvalue weighted by atomic mass is 9.91. The first-order valence-corrected chi connectivity index (χ1v) is 8.78. The van der Waals surface area contributed by atoms with E-state index in [1.165, 1.54) is 18.2 Å². The number of hydrogen-bond donors (Lipinski definition) is 2. The number of carbonyl (C=O) groups excluding carboxylic acids is 1. The molecule has 0 spiro atoms. The molecule has 0 saturated carbocycles. The Kier molecular flexibility index (Phi) is 4.31. The van der Waals surface area contributed by atoms with Crippen LogP contribution in [0.4, 0.5) is 0 Å².